The number of halogens is 1. The highest BCUT2D eigenvalue weighted by molar-refractivity contribution is 5.85. The van der Waals surface area contributed by atoms with E-state index in [4.69, 9.17) is 10.5 Å². The molecule has 1 saturated heterocycles. The molecule has 1 aliphatic carbocycles. The van der Waals surface area contributed by atoms with Gasteiger partial charge in [-0.3, -0.25) is 4.79 Å². The first-order valence-corrected chi connectivity index (χ1v) is 7.28. The minimum absolute atomic E-state index is 0. The molecule has 112 valence electrons. The van der Waals surface area contributed by atoms with Crippen LogP contribution in [-0.2, 0) is 9.53 Å². The minimum Gasteiger partial charge on any atom is -0.381 e. The summed E-state index contributed by atoms with van der Waals surface area (Å²) in [6, 6.07) is -0.358. The average Bonchev–Trinajstić information content (AvgIpc) is 2.38. The highest BCUT2D eigenvalue weighted by Gasteiger charge is 2.36. The van der Waals surface area contributed by atoms with Crippen LogP contribution in [0.15, 0.2) is 0 Å². The van der Waals surface area contributed by atoms with E-state index in [9.17, 15) is 4.79 Å². The molecule has 0 spiro atoms. The topological polar surface area (TPSA) is 64.4 Å². The molecule has 1 heterocycles. The summed E-state index contributed by atoms with van der Waals surface area (Å²) >= 11 is 0. The van der Waals surface area contributed by atoms with Crippen molar-refractivity contribution in [3.63, 3.8) is 0 Å². The standard InChI is InChI=1S/C14H26N2O2.ClH/c1-2-14(6-3-7-14)10-16-13(17)12(15)11-4-8-18-9-5-11;/h11-12H,2-10,15H2,1H3,(H,16,17);1H. The Labute approximate surface area is 122 Å². The summed E-state index contributed by atoms with van der Waals surface area (Å²) in [5, 5.41) is 3.07. The van der Waals surface area contributed by atoms with E-state index in [1.54, 1.807) is 0 Å². The fourth-order valence-electron chi connectivity index (χ4n) is 3.01. The van der Waals surface area contributed by atoms with Crippen LogP contribution in [0.4, 0.5) is 0 Å². The van der Waals surface area contributed by atoms with E-state index < -0.39 is 0 Å². The Morgan fingerprint density at radius 2 is 2.05 bits per heavy atom. The quantitative estimate of drug-likeness (QED) is 0.812. The predicted molar refractivity (Wildman–Crippen MR) is 78.4 cm³/mol. The molecule has 1 saturated carbocycles. The van der Waals surface area contributed by atoms with E-state index in [0.717, 1.165) is 39.0 Å². The number of hydrogen-bond acceptors (Lipinski definition) is 3. The van der Waals surface area contributed by atoms with Gasteiger partial charge in [0, 0.05) is 19.8 Å². The number of amides is 1. The number of carbonyl (C=O) groups is 1. The van der Waals surface area contributed by atoms with Gasteiger partial charge in [-0.1, -0.05) is 13.3 Å². The van der Waals surface area contributed by atoms with Crippen molar-refractivity contribution < 1.29 is 9.53 Å². The Kier molecular flexibility index (Phi) is 6.57. The smallest absolute Gasteiger partial charge is 0.237 e. The van der Waals surface area contributed by atoms with Gasteiger partial charge < -0.3 is 15.8 Å². The van der Waals surface area contributed by atoms with Gasteiger partial charge in [-0.05, 0) is 43.4 Å². The maximum absolute atomic E-state index is 12.1. The lowest BCUT2D eigenvalue weighted by atomic mass is 9.67. The minimum atomic E-state index is -0.358. The zero-order valence-electron chi connectivity index (χ0n) is 11.8. The Balaban J connectivity index is 0.00000180. The Bertz CT molecular complexity index is 284. The molecule has 2 aliphatic rings. The van der Waals surface area contributed by atoms with Crippen molar-refractivity contribution in [2.24, 2.45) is 17.1 Å². The first-order chi connectivity index (χ1) is 8.67. The van der Waals surface area contributed by atoms with Crippen molar-refractivity contribution in [3.8, 4) is 0 Å². The van der Waals surface area contributed by atoms with Gasteiger partial charge >= 0.3 is 0 Å². The molecule has 0 aromatic heterocycles. The van der Waals surface area contributed by atoms with Crippen LogP contribution in [0.1, 0.15) is 45.4 Å². The Hall–Kier alpha value is -0.320. The van der Waals surface area contributed by atoms with Crippen LogP contribution < -0.4 is 11.1 Å². The summed E-state index contributed by atoms with van der Waals surface area (Å²) in [4.78, 5) is 12.1. The normalized spacial score (nSPS) is 23.9. The highest BCUT2D eigenvalue weighted by atomic mass is 35.5. The van der Waals surface area contributed by atoms with Gasteiger partial charge in [-0.25, -0.2) is 0 Å². The van der Waals surface area contributed by atoms with Crippen molar-refractivity contribution in [3.05, 3.63) is 0 Å². The highest BCUT2D eigenvalue weighted by Crippen LogP contribution is 2.43. The summed E-state index contributed by atoms with van der Waals surface area (Å²) in [5.41, 5.74) is 6.42. The van der Waals surface area contributed by atoms with E-state index in [2.05, 4.69) is 12.2 Å². The summed E-state index contributed by atoms with van der Waals surface area (Å²) in [5.74, 6) is 0.319. The summed E-state index contributed by atoms with van der Waals surface area (Å²) in [6.45, 7) is 4.50. The molecule has 5 heteroatoms. The fraction of sp³-hybridized carbons (Fsp3) is 0.929. The zero-order chi connectivity index (χ0) is 13.0. The zero-order valence-corrected chi connectivity index (χ0v) is 12.6. The first kappa shape index (κ1) is 16.7. The molecule has 1 unspecified atom stereocenters. The van der Waals surface area contributed by atoms with Crippen LogP contribution in [0.3, 0.4) is 0 Å². The molecular weight excluding hydrogens is 264 g/mol. The third kappa shape index (κ3) is 4.07. The summed E-state index contributed by atoms with van der Waals surface area (Å²) < 4.78 is 5.30. The number of hydrogen-bond donors (Lipinski definition) is 2. The number of nitrogens with one attached hydrogen (secondary N) is 1. The van der Waals surface area contributed by atoms with Crippen molar-refractivity contribution >= 4 is 18.3 Å². The third-order valence-corrected chi connectivity index (χ3v) is 4.88. The third-order valence-electron chi connectivity index (χ3n) is 4.88. The second-order valence-corrected chi connectivity index (χ2v) is 5.90. The molecule has 2 rings (SSSR count). The largest absolute Gasteiger partial charge is 0.381 e. The van der Waals surface area contributed by atoms with Gasteiger partial charge in [0.15, 0.2) is 0 Å². The summed E-state index contributed by atoms with van der Waals surface area (Å²) in [7, 11) is 0. The monoisotopic (exact) mass is 290 g/mol. The molecule has 0 aromatic carbocycles. The Morgan fingerprint density at radius 1 is 1.42 bits per heavy atom. The number of ether oxygens (including phenoxy) is 1. The maximum Gasteiger partial charge on any atom is 0.237 e. The lowest BCUT2D eigenvalue weighted by molar-refractivity contribution is -0.125. The van der Waals surface area contributed by atoms with Crippen LogP contribution in [0.5, 0.6) is 0 Å². The van der Waals surface area contributed by atoms with Gasteiger partial charge in [0.25, 0.3) is 0 Å². The molecule has 1 atom stereocenters. The SMILES string of the molecule is CCC1(CNC(=O)C(N)C2CCOCC2)CCC1.Cl. The average molecular weight is 291 g/mol. The predicted octanol–water partition coefficient (Wildman–Crippen LogP) is 1.86. The molecule has 19 heavy (non-hydrogen) atoms. The van der Waals surface area contributed by atoms with E-state index in [1.807, 2.05) is 0 Å². The Morgan fingerprint density at radius 3 is 2.53 bits per heavy atom. The number of carbonyl (C=O) groups excluding carboxylic acids is 1. The van der Waals surface area contributed by atoms with Gasteiger partial charge in [-0.2, -0.15) is 0 Å². The van der Waals surface area contributed by atoms with Gasteiger partial charge in [0.05, 0.1) is 6.04 Å². The molecule has 1 amide bonds. The van der Waals surface area contributed by atoms with Crippen LogP contribution >= 0.6 is 12.4 Å². The second kappa shape index (κ2) is 7.46. The van der Waals surface area contributed by atoms with Crippen LogP contribution in [0.2, 0.25) is 0 Å². The van der Waals surface area contributed by atoms with Gasteiger partial charge in [-0.15, -0.1) is 12.4 Å². The van der Waals surface area contributed by atoms with Gasteiger partial charge in [0.2, 0.25) is 5.91 Å². The van der Waals surface area contributed by atoms with Crippen LogP contribution in [-0.4, -0.2) is 31.7 Å². The molecular formula is C14H27ClN2O2. The lowest BCUT2D eigenvalue weighted by Gasteiger charge is -2.41. The second-order valence-electron chi connectivity index (χ2n) is 5.90. The molecule has 1 aliphatic heterocycles. The summed E-state index contributed by atoms with van der Waals surface area (Å²) in [6.07, 6.45) is 6.77. The molecule has 0 aromatic rings. The molecule has 0 radical (unpaired) electrons. The fourth-order valence-corrected chi connectivity index (χ4v) is 3.01. The number of nitrogens with two attached hydrogens (primary N) is 1. The van der Waals surface area contributed by atoms with Crippen molar-refractivity contribution in [2.75, 3.05) is 19.8 Å². The van der Waals surface area contributed by atoms with E-state index in [-0.39, 0.29) is 30.3 Å². The van der Waals surface area contributed by atoms with Crippen molar-refractivity contribution in [1.29, 1.82) is 0 Å². The molecule has 3 N–H and O–H groups in total. The van der Waals surface area contributed by atoms with E-state index in [0.29, 0.717) is 5.41 Å². The van der Waals surface area contributed by atoms with Crippen molar-refractivity contribution in [1.82, 2.24) is 5.32 Å². The van der Waals surface area contributed by atoms with Gasteiger partial charge in [0.1, 0.15) is 0 Å². The van der Waals surface area contributed by atoms with E-state index in [1.165, 1.54) is 19.3 Å². The molecule has 4 nitrogen and oxygen atoms in total. The van der Waals surface area contributed by atoms with Crippen LogP contribution in [0, 0.1) is 11.3 Å². The number of rotatable bonds is 5. The lowest BCUT2D eigenvalue weighted by Crippen LogP contribution is -2.50. The van der Waals surface area contributed by atoms with E-state index >= 15 is 0 Å². The molecule has 2 fully saturated rings. The first-order valence-electron chi connectivity index (χ1n) is 7.28. The maximum atomic E-state index is 12.1. The van der Waals surface area contributed by atoms with Crippen molar-refractivity contribution in [2.45, 2.75) is 51.5 Å². The molecule has 0 bridgehead atoms. The van der Waals surface area contributed by atoms with Crippen LogP contribution in [0.25, 0.3) is 0 Å².